The average molecular weight is 482 g/mol. The Hall–Kier alpha value is -1.86. The molecule has 2 saturated heterocycles. The minimum absolute atomic E-state index is 0.345. The van der Waals surface area contributed by atoms with Crippen molar-refractivity contribution in [2.45, 2.75) is 25.6 Å². The Morgan fingerprint density at radius 2 is 2.06 bits per heavy atom. The number of hydroxylamine groups is 1. The molecule has 4 rings (SSSR count). The van der Waals surface area contributed by atoms with Crippen molar-refractivity contribution in [2.24, 2.45) is 0 Å². The molecule has 0 saturated carbocycles. The molecule has 2 aliphatic heterocycles. The molecule has 1 amide bonds. The van der Waals surface area contributed by atoms with E-state index in [9.17, 15) is 10.1 Å². The fraction of sp³-hybridized carbons (Fsp3) is 0.429. The molecule has 7 nitrogen and oxygen atoms in total. The minimum Gasteiger partial charge on any atom is -0.378 e. The number of benzene rings is 1. The van der Waals surface area contributed by atoms with Crippen molar-refractivity contribution >= 4 is 45.4 Å². The minimum atomic E-state index is -0.477. The summed E-state index contributed by atoms with van der Waals surface area (Å²) in [6.07, 6.45) is 2.19. The number of amides is 1. The number of halogens is 2. The van der Waals surface area contributed by atoms with Crippen molar-refractivity contribution < 1.29 is 19.1 Å². The van der Waals surface area contributed by atoms with Gasteiger partial charge in [0.2, 0.25) is 0 Å². The molecule has 10 heteroatoms. The predicted molar refractivity (Wildman–Crippen MR) is 120 cm³/mol. The molecule has 0 bridgehead atoms. The fourth-order valence-corrected chi connectivity index (χ4v) is 5.30. The average Bonchev–Trinajstić information content (AvgIpc) is 3.18. The lowest BCUT2D eigenvalue weighted by atomic mass is 10.0. The highest BCUT2D eigenvalue weighted by Crippen LogP contribution is 2.44. The van der Waals surface area contributed by atoms with Gasteiger partial charge in [0, 0.05) is 47.3 Å². The highest BCUT2D eigenvalue weighted by atomic mass is 35.5. The van der Waals surface area contributed by atoms with Crippen LogP contribution in [0.3, 0.4) is 0 Å². The molecule has 1 unspecified atom stereocenters. The molecule has 1 N–H and O–H groups in total. The summed E-state index contributed by atoms with van der Waals surface area (Å²) in [5.41, 5.74) is 3.94. The van der Waals surface area contributed by atoms with Gasteiger partial charge >= 0.3 is 0 Å². The summed E-state index contributed by atoms with van der Waals surface area (Å²) >= 11 is 13.8. The topological polar surface area (TPSA) is 83.8 Å². The maximum atomic E-state index is 13.1. The van der Waals surface area contributed by atoms with E-state index in [4.69, 9.17) is 37.5 Å². The van der Waals surface area contributed by atoms with E-state index in [1.165, 1.54) is 11.3 Å². The second kappa shape index (κ2) is 10.2. The number of carbonyl (C=O) groups is 1. The SMILES string of the molecule is N#Cc1c(N2CCOCC2)sc(C(=O)NOC2CCCCO2)c1-c1ccc(Cl)cc1Cl. The zero-order valence-corrected chi connectivity index (χ0v) is 19.0. The molecule has 3 heterocycles. The van der Waals surface area contributed by atoms with Crippen LogP contribution in [0.15, 0.2) is 18.2 Å². The molecular weight excluding hydrogens is 461 g/mol. The lowest BCUT2D eigenvalue weighted by Crippen LogP contribution is -2.36. The van der Waals surface area contributed by atoms with Crippen LogP contribution in [0.5, 0.6) is 0 Å². The third-order valence-electron chi connectivity index (χ3n) is 5.13. The summed E-state index contributed by atoms with van der Waals surface area (Å²) in [6.45, 7) is 2.99. The van der Waals surface area contributed by atoms with Gasteiger partial charge in [0.05, 0.1) is 18.8 Å². The normalized spacial score (nSPS) is 19.1. The summed E-state index contributed by atoms with van der Waals surface area (Å²) in [5, 5.41) is 11.6. The van der Waals surface area contributed by atoms with Crippen LogP contribution in [-0.4, -0.2) is 45.1 Å². The first-order chi connectivity index (χ1) is 15.1. The van der Waals surface area contributed by atoms with E-state index in [1.54, 1.807) is 18.2 Å². The van der Waals surface area contributed by atoms with Gasteiger partial charge in [-0.2, -0.15) is 5.26 Å². The third kappa shape index (κ3) is 4.98. The second-order valence-corrected chi connectivity index (χ2v) is 9.01. The smallest absolute Gasteiger partial charge is 0.285 e. The zero-order chi connectivity index (χ0) is 21.8. The highest BCUT2D eigenvalue weighted by Gasteiger charge is 2.29. The lowest BCUT2D eigenvalue weighted by molar-refractivity contribution is -0.186. The lowest BCUT2D eigenvalue weighted by Gasteiger charge is -2.27. The van der Waals surface area contributed by atoms with Gasteiger partial charge in [-0.05, 0) is 25.0 Å². The highest BCUT2D eigenvalue weighted by molar-refractivity contribution is 7.19. The van der Waals surface area contributed by atoms with E-state index < -0.39 is 12.2 Å². The van der Waals surface area contributed by atoms with Crippen LogP contribution >= 0.6 is 34.5 Å². The van der Waals surface area contributed by atoms with Crippen molar-refractivity contribution in [1.29, 1.82) is 5.26 Å². The van der Waals surface area contributed by atoms with Crippen molar-refractivity contribution in [3.05, 3.63) is 38.7 Å². The first kappa shape index (κ1) is 22.3. The Bertz CT molecular complexity index is 995. The summed E-state index contributed by atoms with van der Waals surface area (Å²) in [5.74, 6) is -0.448. The molecule has 0 radical (unpaired) electrons. The third-order valence-corrected chi connectivity index (χ3v) is 6.92. The summed E-state index contributed by atoms with van der Waals surface area (Å²) in [6, 6.07) is 7.28. The van der Waals surface area contributed by atoms with Gasteiger partial charge in [-0.1, -0.05) is 29.3 Å². The summed E-state index contributed by atoms with van der Waals surface area (Å²) in [4.78, 5) is 21.0. The summed E-state index contributed by atoms with van der Waals surface area (Å²) < 4.78 is 10.9. The van der Waals surface area contributed by atoms with E-state index >= 15 is 0 Å². The first-order valence-electron chi connectivity index (χ1n) is 10.0. The Balaban J connectivity index is 1.72. The number of rotatable bonds is 5. The maximum Gasteiger partial charge on any atom is 0.285 e. The number of hydrogen-bond acceptors (Lipinski definition) is 7. The van der Waals surface area contributed by atoms with Crippen LogP contribution in [0, 0.1) is 11.3 Å². The fourth-order valence-electron chi connectivity index (χ4n) is 3.59. The van der Waals surface area contributed by atoms with Crippen LogP contribution in [0.2, 0.25) is 10.0 Å². The van der Waals surface area contributed by atoms with E-state index in [-0.39, 0.29) is 0 Å². The number of nitrogens with one attached hydrogen (secondary N) is 1. The van der Waals surface area contributed by atoms with E-state index in [2.05, 4.69) is 16.4 Å². The van der Waals surface area contributed by atoms with Gasteiger partial charge in [0.15, 0.2) is 6.29 Å². The van der Waals surface area contributed by atoms with Crippen LogP contribution < -0.4 is 10.4 Å². The molecule has 0 spiro atoms. The van der Waals surface area contributed by atoms with Gasteiger partial charge in [-0.3, -0.25) is 4.79 Å². The Morgan fingerprint density at radius 1 is 1.26 bits per heavy atom. The Labute approximate surface area is 194 Å². The number of hydrogen-bond donors (Lipinski definition) is 1. The molecule has 2 aromatic rings. The Morgan fingerprint density at radius 3 is 2.74 bits per heavy atom. The van der Waals surface area contributed by atoms with E-state index in [1.807, 2.05) is 0 Å². The molecule has 2 aliphatic rings. The monoisotopic (exact) mass is 481 g/mol. The van der Waals surface area contributed by atoms with E-state index in [0.29, 0.717) is 75.9 Å². The standard InChI is InChI=1S/C21H21Cl2N3O4S/c22-13-4-5-14(16(23)11-13)18-15(12-24)21(26-6-9-28-10-7-26)31-19(18)20(27)25-30-17-3-1-2-8-29-17/h4-5,11,17H,1-3,6-10H2,(H,25,27). The number of carbonyl (C=O) groups excluding carboxylic acids is 1. The zero-order valence-electron chi connectivity index (χ0n) is 16.7. The van der Waals surface area contributed by atoms with Gasteiger partial charge in [0.1, 0.15) is 15.9 Å². The molecule has 1 atom stereocenters. The second-order valence-electron chi connectivity index (χ2n) is 7.17. The number of thiophene rings is 1. The maximum absolute atomic E-state index is 13.1. The van der Waals surface area contributed by atoms with Crippen molar-refractivity contribution in [3.8, 4) is 17.2 Å². The molecule has 0 aliphatic carbocycles. The van der Waals surface area contributed by atoms with Gasteiger partial charge in [0.25, 0.3) is 5.91 Å². The van der Waals surface area contributed by atoms with Crippen molar-refractivity contribution in [2.75, 3.05) is 37.8 Å². The number of ether oxygens (including phenoxy) is 2. The van der Waals surface area contributed by atoms with Crippen LogP contribution in [0.1, 0.15) is 34.5 Å². The largest absolute Gasteiger partial charge is 0.378 e. The first-order valence-corrected chi connectivity index (χ1v) is 11.6. The van der Waals surface area contributed by atoms with Crippen LogP contribution in [-0.2, 0) is 14.3 Å². The van der Waals surface area contributed by atoms with Gasteiger partial charge in [-0.15, -0.1) is 11.3 Å². The molecule has 164 valence electrons. The summed E-state index contributed by atoms with van der Waals surface area (Å²) in [7, 11) is 0. The van der Waals surface area contributed by atoms with Gasteiger partial charge < -0.3 is 14.4 Å². The molecule has 1 aromatic carbocycles. The quantitative estimate of drug-likeness (QED) is 0.627. The van der Waals surface area contributed by atoms with Crippen molar-refractivity contribution in [3.63, 3.8) is 0 Å². The number of nitrogens with zero attached hydrogens (tertiary/aromatic N) is 2. The predicted octanol–water partition coefficient (Wildman–Crippen LogP) is 4.62. The number of nitriles is 1. The Kier molecular flexibility index (Phi) is 7.33. The molecular formula is C21H21Cl2N3O4S. The molecule has 31 heavy (non-hydrogen) atoms. The number of morpholine rings is 1. The van der Waals surface area contributed by atoms with E-state index in [0.717, 1.165) is 12.8 Å². The van der Waals surface area contributed by atoms with Gasteiger partial charge in [-0.25, -0.2) is 10.3 Å². The number of anilines is 1. The molecule has 1 aromatic heterocycles. The van der Waals surface area contributed by atoms with Crippen LogP contribution in [0.4, 0.5) is 5.00 Å². The van der Waals surface area contributed by atoms with Crippen molar-refractivity contribution in [1.82, 2.24) is 5.48 Å². The van der Waals surface area contributed by atoms with Crippen LogP contribution in [0.25, 0.3) is 11.1 Å². The molecule has 2 fully saturated rings.